The predicted molar refractivity (Wildman–Crippen MR) is 146 cm³/mol. The zero-order chi connectivity index (χ0) is 24.9. The van der Waals surface area contributed by atoms with Crippen LogP contribution in [0.25, 0.3) is 21.8 Å². The van der Waals surface area contributed by atoms with Crippen LogP contribution < -0.4 is 0 Å². The minimum Gasteiger partial charge on any atom is -0.385 e. The normalized spacial score (nSPS) is 17.1. The number of amides is 1. The number of nitrogens with zero attached hydrogens (tertiary/aromatic N) is 3. The smallest absolute Gasteiger partial charge is 0.222 e. The van der Waals surface area contributed by atoms with Crippen LogP contribution in [0, 0.1) is 5.92 Å². The Morgan fingerprint density at radius 3 is 2.75 bits per heavy atom. The van der Waals surface area contributed by atoms with Crippen molar-refractivity contribution >= 4 is 27.7 Å². The number of hydrogen-bond acceptors (Lipinski definition) is 3. The van der Waals surface area contributed by atoms with Crippen LogP contribution in [0.1, 0.15) is 50.0 Å². The van der Waals surface area contributed by atoms with Gasteiger partial charge in [0.2, 0.25) is 5.91 Å². The number of imidazole rings is 1. The Morgan fingerprint density at radius 1 is 1.08 bits per heavy atom. The van der Waals surface area contributed by atoms with Crippen molar-refractivity contribution < 1.29 is 9.53 Å². The Hall–Kier alpha value is -3.18. The lowest BCUT2D eigenvalue weighted by molar-refractivity contribution is -0.133. The Labute approximate surface area is 214 Å². The summed E-state index contributed by atoms with van der Waals surface area (Å²) in [5.74, 6) is 1.69. The molecule has 0 aliphatic carbocycles. The molecule has 0 unspecified atom stereocenters. The van der Waals surface area contributed by atoms with Gasteiger partial charge in [-0.25, -0.2) is 4.98 Å². The summed E-state index contributed by atoms with van der Waals surface area (Å²) in [5, 5.41) is 2.53. The van der Waals surface area contributed by atoms with Gasteiger partial charge >= 0.3 is 0 Å². The molecule has 1 aliphatic heterocycles. The van der Waals surface area contributed by atoms with Crippen molar-refractivity contribution in [1.29, 1.82) is 0 Å². The molecule has 1 amide bonds. The summed E-state index contributed by atoms with van der Waals surface area (Å²) in [5.41, 5.74) is 3.52. The molecule has 1 aromatic heterocycles. The molecule has 36 heavy (non-hydrogen) atoms. The number of aryl methyl sites for hydroxylation is 1. The van der Waals surface area contributed by atoms with Gasteiger partial charge in [0.15, 0.2) is 0 Å². The molecule has 2 heterocycles. The molecule has 0 saturated carbocycles. The molecule has 4 aromatic rings. The lowest BCUT2D eigenvalue weighted by atomic mass is 9.95. The number of piperidine rings is 1. The van der Waals surface area contributed by atoms with Gasteiger partial charge in [0, 0.05) is 39.6 Å². The molecule has 3 aromatic carbocycles. The molecule has 5 heteroatoms. The lowest BCUT2D eigenvalue weighted by Crippen LogP contribution is -2.41. The number of hydrogen-bond donors (Lipinski definition) is 0. The molecule has 5 rings (SSSR count). The first-order chi connectivity index (χ1) is 17.6. The van der Waals surface area contributed by atoms with Gasteiger partial charge in [0.05, 0.1) is 17.1 Å². The van der Waals surface area contributed by atoms with Crippen molar-refractivity contribution in [3.05, 3.63) is 78.1 Å². The summed E-state index contributed by atoms with van der Waals surface area (Å²) in [4.78, 5) is 20.4. The molecule has 188 valence electrons. The fraction of sp³-hybridized carbons (Fsp3) is 0.419. The van der Waals surface area contributed by atoms with E-state index in [2.05, 4.69) is 77.1 Å². The average molecular weight is 484 g/mol. The first-order valence-corrected chi connectivity index (χ1v) is 13.3. The van der Waals surface area contributed by atoms with Crippen LogP contribution in [0.3, 0.4) is 0 Å². The van der Waals surface area contributed by atoms with Gasteiger partial charge in [-0.2, -0.15) is 0 Å². The van der Waals surface area contributed by atoms with Crippen molar-refractivity contribution in [2.24, 2.45) is 5.92 Å². The van der Waals surface area contributed by atoms with Crippen LogP contribution in [0.15, 0.2) is 66.7 Å². The van der Waals surface area contributed by atoms with Crippen molar-refractivity contribution in [3.63, 3.8) is 0 Å². The van der Waals surface area contributed by atoms with E-state index < -0.39 is 0 Å². The minimum atomic E-state index is 0.267. The fourth-order valence-corrected chi connectivity index (χ4v) is 5.71. The first-order valence-electron chi connectivity index (χ1n) is 13.3. The summed E-state index contributed by atoms with van der Waals surface area (Å²) < 4.78 is 7.69. The van der Waals surface area contributed by atoms with Gasteiger partial charge in [-0.05, 0) is 60.1 Å². The average Bonchev–Trinajstić information content (AvgIpc) is 3.27. The maximum Gasteiger partial charge on any atom is 0.222 e. The maximum atomic E-state index is 13.4. The summed E-state index contributed by atoms with van der Waals surface area (Å²) in [7, 11) is 1.74. The van der Waals surface area contributed by atoms with E-state index in [1.54, 1.807) is 7.11 Å². The van der Waals surface area contributed by atoms with Gasteiger partial charge in [-0.1, -0.05) is 61.5 Å². The van der Waals surface area contributed by atoms with Crippen LogP contribution in [0.2, 0.25) is 0 Å². The van der Waals surface area contributed by atoms with E-state index in [0.717, 1.165) is 63.1 Å². The number of aromatic nitrogens is 2. The maximum absolute atomic E-state index is 13.4. The molecule has 0 bridgehead atoms. The zero-order valence-corrected chi connectivity index (χ0v) is 21.5. The monoisotopic (exact) mass is 483 g/mol. The summed E-state index contributed by atoms with van der Waals surface area (Å²) >= 11 is 0. The van der Waals surface area contributed by atoms with E-state index in [1.165, 1.54) is 21.9 Å². The highest BCUT2D eigenvalue weighted by Crippen LogP contribution is 2.29. The highest BCUT2D eigenvalue weighted by molar-refractivity contribution is 5.83. The molecule has 1 saturated heterocycles. The summed E-state index contributed by atoms with van der Waals surface area (Å²) in [6.07, 6.45) is 5.44. The van der Waals surface area contributed by atoms with E-state index in [0.29, 0.717) is 12.3 Å². The number of rotatable bonds is 9. The molecule has 0 N–H and O–H groups in total. The van der Waals surface area contributed by atoms with Crippen molar-refractivity contribution in [3.8, 4) is 0 Å². The highest BCUT2D eigenvalue weighted by Gasteiger charge is 2.28. The predicted octanol–water partition coefficient (Wildman–Crippen LogP) is 6.20. The van der Waals surface area contributed by atoms with Crippen LogP contribution >= 0.6 is 0 Å². The van der Waals surface area contributed by atoms with Crippen molar-refractivity contribution in [1.82, 2.24) is 14.5 Å². The third-order valence-corrected chi connectivity index (χ3v) is 7.45. The number of para-hydroxylation sites is 2. The van der Waals surface area contributed by atoms with E-state index in [1.807, 2.05) is 6.07 Å². The zero-order valence-electron chi connectivity index (χ0n) is 21.5. The number of carbonyl (C=O) groups is 1. The number of ether oxygens (including phenoxy) is 1. The Morgan fingerprint density at radius 2 is 1.89 bits per heavy atom. The highest BCUT2D eigenvalue weighted by atomic mass is 16.5. The lowest BCUT2D eigenvalue weighted by Gasteiger charge is -2.35. The fourth-order valence-electron chi connectivity index (χ4n) is 5.71. The number of fused-ring (bicyclic) bond motifs is 2. The van der Waals surface area contributed by atoms with E-state index >= 15 is 0 Å². The van der Waals surface area contributed by atoms with Gasteiger partial charge in [0.1, 0.15) is 5.82 Å². The van der Waals surface area contributed by atoms with Gasteiger partial charge in [-0.3, -0.25) is 4.79 Å². The van der Waals surface area contributed by atoms with Crippen molar-refractivity contribution in [2.45, 2.75) is 51.5 Å². The summed E-state index contributed by atoms with van der Waals surface area (Å²) in [6.45, 7) is 4.54. The quantitative estimate of drug-likeness (QED) is 0.266. The SMILES string of the molecule is COCCCc1nc2ccccc2n1[C@@H]1CCCN(C(=O)C[C@H](C)Cc2ccc3ccccc3c2)C1. The van der Waals surface area contributed by atoms with Gasteiger partial charge in [0.25, 0.3) is 0 Å². The van der Waals surface area contributed by atoms with Crippen LogP contribution in [-0.2, 0) is 22.4 Å². The third kappa shape index (κ3) is 5.46. The van der Waals surface area contributed by atoms with E-state index in [9.17, 15) is 4.79 Å². The molecule has 1 fully saturated rings. The van der Waals surface area contributed by atoms with Crippen LogP contribution in [0.4, 0.5) is 0 Å². The topological polar surface area (TPSA) is 47.4 Å². The molecule has 5 nitrogen and oxygen atoms in total. The molecular weight excluding hydrogens is 446 g/mol. The number of methoxy groups -OCH3 is 1. The van der Waals surface area contributed by atoms with Crippen molar-refractivity contribution in [2.75, 3.05) is 26.8 Å². The Balaban J connectivity index is 1.26. The first kappa shape index (κ1) is 24.5. The number of benzene rings is 3. The van der Waals surface area contributed by atoms with E-state index in [4.69, 9.17) is 9.72 Å². The van der Waals surface area contributed by atoms with Crippen LogP contribution in [0.5, 0.6) is 0 Å². The Kier molecular flexibility index (Phi) is 7.66. The third-order valence-electron chi connectivity index (χ3n) is 7.45. The Bertz CT molecular complexity index is 1330. The number of likely N-dealkylation sites (tertiary alicyclic amines) is 1. The van der Waals surface area contributed by atoms with E-state index in [-0.39, 0.29) is 11.9 Å². The molecule has 2 atom stereocenters. The second kappa shape index (κ2) is 11.3. The second-order valence-electron chi connectivity index (χ2n) is 10.3. The molecule has 1 aliphatic rings. The molecular formula is C31H37N3O2. The summed E-state index contributed by atoms with van der Waals surface area (Å²) in [6, 6.07) is 23.8. The second-order valence-corrected chi connectivity index (χ2v) is 10.3. The number of carbonyl (C=O) groups excluding carboxylic acids is 1. The molecule has 0 spiro atoms. The van der Waals surface area contributed by atoms with Gasteiger partial charge in [-0.15, -0.1) is 0 Å². The van der Waals surface area contributed by atoms with Gasteiger partial charge < -0.3 is 14.2 Å². The van der Waals surface area contributed by atoms with Crippen LogP contribution in [-0.4, -0.2) is 47.2 Å². The molecule has 0 radical (unpaired) electrons. The standard InChI is InChI=1S/C31H37N3O2/c1-23(19-24-15-16-25-9-3-4-10-26(25)21-24)20-31(35)33-17-7-11-27(22-33)34-29-13-6-5-12-28(29)32-30(34)14-8-18-36-2/h3-6,9-10,12-13,15-16,21,23,27H,7-8,11,14,17-20,22H2,1-2H3/t23-,27-/m1/s1. The minimum absolute atomic E-state index is 0.267. The largest absolute Gasteiger partial charge is 0.385 e.